The maximum Gasteiger partial charge on any atom is 0.241 e. The zero-order valence-corrected chi connectivity index (χ0v) is 14.0. The number of sulfonamides is 1. The number of hydrogen-bond donors (Lipinski definition) is 2. The first-order valence-electron chi connectivity index (χ1n) is 6.95. The lowest BCUT2D eigenvalue weighted by Crippen LogP contribution is -2.37. The summed E-state index contributed by atoms with van der Waals surface area (Å²) in [5.74, 6) is 0.451. The highest BCUT2D eigenvalue weighted by Gasteiger charge is 2.27. The van der Waals surface area contributed by atoms with Gasteiger partial charge in [0.1, 0.15) is 0 Å². The average molecular weight is 361 g/mol. The van der Waals surface area contributed by atoms with Crippen molar-refractivity contribution in [2.45, 2.75) is 50.1 Å². The lowest BCUT2D eigenvalue weighted by molar-refractivity contribution is 0.424. The molecule has 0 radical (unpaired) electrons. The number of halogens is 1. The molecule has 0 spiro atoms. The van der Waals surface area contributed by atoms with Gasteiger partial charge in [-0.05, 0) is 59.3 Å². The highest BCUT2D eigenvalue weighted by Crippen LogP contribution is 2.29. The maximum absolute atomic E-state index is 12.4. The van der Waals surface area contributed by atoms with E-state index in [2.05, 4.69) is 20.7 Å². The monoisotopic (exact) mass is 360 g/mol. The predicted molar refractivity (Wildman–Crippen MR) is 83.8 cm³/mol. The smallest absolute Gasteiger partial charge is 0.241 e. The van der Waals surface area contributed by atoms with E-state index in [1.807, 2.05) is 6.92 Å². The van der Waals surface area contributed by atoms with Crippen molar-refractivity contribution in [2.75, 3.05) is 0 Å². The highest BCUT2D eigenvalue weighted by atomic mass is 79.9. The lowest BCUT2D eigenvalue weighted by atomic mass is 10.0. The van der Waals surface area contributed by atoms with Crippen LogP contribution < -0.4 is 10.5 Å². The van der Waals surface area contributed by atoms with E-state index in [9.17, 15) is 8.42 Å². The van der Waals surface area contributed by atoms with Crippen molar-refractivity contribution in [2.24, 2.45) is 11.7 Å². The van der Waals surface area contributed by atoms with Gasteiger partial charge in [0.05, 0.1) is 4.90 Å². The molecule has 0 aromatic heterocycles. The third kappa shape index (κ3) is 3.61. The minimum absolute atomic E-state index is 0.0245. The van der Waals surface area contributed by atoms with Gasteiger partial charge < -0.3 is 5.73 Å². The van der Waals surface area contributed by atoms with Crippen LogP contribution in [0.25, 0.3) is 0 Å². The lowest BCUT2D eigenvalue weighted by Gasteiger charge is -2.20. The molecule has 2 rings (SSSR count). The zero-order valence-electron chi connectivity index (χ0n) is 11.6. The number of nitrogens with two attached hydrogens (primary N) is 1. The molecule has 6 heteroatoms. The largest absolute Gasteiger partial charge is 0.326 e. The molecule has 0 amide bonds. The Morgan fingerprint density at radius 1 is 1.40 bits per heavy atom. The molecule has 1 saturated carbocycles. The zero-order chi connectivity index (χ0) is 14.8. The van der Waals surface area contributed by atoms with Crippen molar-refractivity contribution in [3.8, 4) is 0 Å². The van der Waals surface area contributed by atoms with E-state index < -0.39 is 10.0 Å². The average Bonchev–Trinajstić information content (AvgIpc) is 2.91. The van der Waals surface area contributed by atoms with Crippen molar-refractivity contribution in [3.05, 3.63) is 28.2 Å². The first-order valence-corrected chi connectivity index (χ1v) is 9.22. The Balaban J connectivity index is 2.17. The van der Waals surface area contributed by atoms with E-state index in [4.69, 9.17) is 5.73 Å². The number of rotatable bonds is 5. The summed E-state index contributed by atoms with van der Waals surface area (Å²) in [5, 5.41) is 0. The van der Waals surface area contributed by atoms with Crippen molar-refractivity contribution >= 4 is 26.0 Å². The van der Waals surface area contributed by atoms with Crippen LogP contribution in [0.3, 0.4) is 0 Å². The normalized spacial score (nSPS) is 18.4. The Morgan fingerprint density at radius 3 is 2.60 bits per heavy atom. The van der Waals surface area contributed by atoms with Gasteiger partial charge in [-0.2, -0.15) is 0 Å². The summed E-state index contributed by atoms with van der Waals surface area (Å²) in [6.45, 7) is 2.35. The number of benzene rings is 1. The first kappa shape index (κ1) is 15.9. The van der Waals surface area contributed by atoms with E-state index >= 15 is 0 Å². The quantitative estimate of drug-likeness (QED) is 0.847. The Kier molecular flexibility index (Phi) is 5.23. The predicted octanol–water partition coefficient (Wildman–Crippen LogP) is 2.76. The van der Waals surface area contributed by atoms with Crippen molar-refractivity contribution in [1.29, 1.82) is 0 Å². The molecule has 0 heterocycles. The second kappa shape index (κ2) is 6.56. The molecule has 0 aliphatic heterocycles. The van der Waals surface area contributed by atoms with Crippen LogP contribution in [0.4, 0.5) is 0 Å². The Labute approximate surface area is 129 Å². The molecule has 0 saturated heterocycles. The summed E-state index contributed by atoms with van der Waals surface area (Å²) in [4.78, 5) is 0.277. The summed E-state index contributed by atoms with van der Waals surface area (Å²) in [6.07, 6.45) is 4.62. The van der Waals surface area contributed by atoms with Crippen molar-refractivity contribution in [3.63, 3.8) is 0 Å². The minimum Gasteiger partial charge on any atom is -0.326 e. The summed E-state index contributed by atoms with van der Waals surface area (Å²) in [6, 6.07) is 5.09. The first-order chi connectivity index (χ1) is 9.44. The fourth-order valence-electron chi connectivity index (χ4n) is 2.75. The topological polar surface area (TPSA) is 72.2 Å². The van der Waals surface area contributed by atoms with Gasteiger partial charge in [-0.15, -0.1) is 0 Å². The van der Waals surface area contributed by atoms with Gasteiger partial charge >= 0.3 is 0 Å². The number of hydrogen-bond acceptors (Lipinski definition) is 3. The Hall–Kier alpha value is -0.430. The molecule has 3 N–H and O–H groups in total. The van der Waals surface area contributed by atoms with Crippen LogP contribution >= 0.6 is 15.9 Å². The fraction of sp³-hybridized carbons (Fsp3) is 0.571. The standard InChI is InChI=1S/C14H21BrN2O2S/c1-10(12-4-2-3-5-12)17-20(18,19)14-7-6-11(9-16)8-13(14)15/h6-8,10,12,17H,2-5,9,16H2,1H3. The Bertz CT molecular complexity index is 569. The molecule has 112 valence electrons. The van der Waals surface area contributed by atoms with Crippen LogP contribution in [-0.2, 0) is 16.6 Å². The molecule has 0 bridgehead atoms. The van der Waals surface area contributed by atoms with E-state index in [1.165, 1.54) is 12.8 Å². The third-order valence-electron chi connectivity index (χ3n) is 3.97. The van der Waals surface area contributed by atoms with Gasteiger partial charge in [-0.1, -0.05) is 18.9 Å². The van der Waals surface area contributed by atoms with Crippen molar-refractivity contribution < 1.29 is 8.42 Å². The van der Waals surface area contributed by atoms with Crippen molar-refractivity contribution in [1.82, 2.24) is 4.72 Å². The van der Waals surface area contributed by atoms with E-state index in [0.29, 0.717) is 16.9 Å². The maximum atomic E-state index is 12.4. The highest BCUT2D eigenvalue weighted by molar-refractivity contribution is 9.10. The van der Waals surface area contributed by atoms with Crippen LogP contribution in [0.2, 0.25) is 0 Å². The fourth-order valence-corrected chi connectivity index (χ4v) is 5.19. The SMILES string of the molecule is CC(NS(=O)(=O)c1ccc(CN)cc1Br)C1CCCC1. The molecule has 1 unspecified atom stereocenters. The molecule has 20 heavy (non-hydrogen) atoms. The minimum atomic E-state index is -3.49. The van der Waals surface area contributed by atoms with Gasteiger partial charge in [0.15, 0.2) is 0 Å². The van der Waals surface area contributed by atoms with Gasteiger partial charge in [0, 0.05) is 17.1 Å². The summed E-state index contributed by atoms with van der Waals surface area (Å²) < 4.78 is 28.3. The molecule has 1 atom stereocenters. The van der Waals surface area contributed by atoms with Crippen LogP contribution in [-0.4, -0.2) is 14.5 Å². The third-order valence-corrected chi connectivity index (χ3v) is 6.51. The van der Waals surface area contributed by atoms with E-state index in [0.717, 1.165) is 18.4 Å². The van der Waals surface area contributed by atoms with Crippen LogP contribution in [0.15, 0.2) is 27.6 Å². The molecule has 1 aromatic carbocycles. The van der Waals surface area contributed by atoms with Gasteiger partial charge in [0.2, 0.25) is 10.0 Å². The van der Waals surface area contributed by atoms with Gasteiger partial charge in [-0.25, -0.2) is 13.1 Å². The Morgan fingerprint density at radius 2 is 2.05 bits per heavy atom. The van der Waals surface area contributed by atoms with E-state index in [1.54, 1.807) is 18.2 Å². The van der Waals surface area contributed by atoms with E-state index in [-0.39, 0.29) is 10.9 Å². The van der Waals surface area contributed by atoms with Gasteiger partial charge in [-0.3, -0.25) is 0 Å². The molecule has 1 aromatic rings. The molecular weight excluding hydrogens is 340 g/mol. The molecule has 1 aliphatic rings. The summed E-state index contributed by atoms with van der Waals surface area (Å²) >= 11 is 3.32. The van der Waals surface area contributed by atoms with Crippen LogP contribution in [0, 0.1) is 5.92 Å². The molecule has 1 fully saturated rings. The van der Waals surface area contributed by atoms with Gasteiger partial charge in [0.25, 0.3) is 0 Å². The number of nitrogens with one attached hydrogen (secondary N) is 1. The second-order valence-corrected chi connectivity index (χ2v) is 7.96. The summed E-state index contributed by atoms with van der Waals surface area (Å²) in [5.41, 5.74) is 6.46. The molecular formula is C14H21BrN2O2S. The summed E-state index contributed by atoms with van der Waals surface area (Å²) in [7, 11) is -3.49. The van der Waals surface area contributed by atoms with Crippen LogP contribution in [0.1, 0.15) is 38.2 Å². The second-order valence-electron chi connectivity index (χ2n) is 5.42. The molecule has 1 aliphatic carbocycles. The molecule has 4 nitrogen and oxygen atoms in total. The van der Waals surface area contributed by atoms with Crippen LogP contribution in [0.5, 0.6) is 0 Å².